The zero-order chi connectivity index (χ0) is 14.1. The van der Waals surface area contributed by atoms with E-state index in [9.17, 15) is 18.0 Å². The molecular formula is C11H15F3N2O3. The maximum atomic E-state index is 11.9. The second-order valence-electron chi connectivity index (χ2n) is 4.93. The molecule has 1 amide bonds. The predicted octanol–water partition coefficient (Wildman–Crippen LogP) is 2.32. The van der Waals surface area contributed by atoms with E-state index in [4.69, 9.17) is 4.84 Å². The first kappa shape index (κ1) is 14.0. The van der Waals surface area contributed by atoms with Gasteiger partial charge in [-0.1, -0.05) is 5.16 Å². The van der Waals surface area contributed by atoms with Crippen molar-refractivity contribution in [3.05, 3.63) is 0 Å². The Labute approximate surface area is 108 Å². The zero-order valence-electron chi connectivity index (χ0n) is 10.5. The van der Waals surface area contributed by atoms with Crippen LogP contribution in [-0.4, -0.2) is 48.2 Å². The molecule has 2 aliphatic heterocycles. The minimum atomic E-state index is -4.49. The van der Waals surface area contributed by atoms with Crippen molar-refractivity contribution in [2.45, 2.75) is 38.0 Å². The smallest absolute Gasteiger partial charge is 0.422 e. The van der Waals surface area contributed by atoms with E-state index < -0.39 is 18.9 Å². The number of carbonyl (C=O) groups is 1. The number of carbonyl (C=O) groups excluding carboxylic acids is 1. The van der Waals surface area contributed by atoms with Crippen molar-refractivity contribution in [3.8, 4) is 0 Å². The summed E-state index contributed by atoms with van der Waals surface area (Å²) in [6, 6.07) is 0. The highest BCUT2D eigenvalue weighted by Crippen LogP contribution is 2.34. The minimum absolute atomic E-state index is 0.319. The summed E-state index contributed by atoms with van der Waals surface area (Å²) in [5.41, 5.74) is 0.512. The molecule has 0 aromatic rings. The Balaban J connectivity index is 1.79. The molecule has 0 aliphatic carbocycles. The van der Waals surface area contributed by atoms with Crippen molar-refractivity contribution in [2.75, 3.05) is 19.7 Å². The van der Waals surface area contributed by atoms with Gasteiger partial charge in [0.25, 0.3) is 0 Å². The van der Waals surface area contributed by atoms with Crippen LogP contribution >= 0.6 is 0 Å². The van der Waals surface area contributed by atoms with Gasteiger partial charge < -0.3 is 14.5 Å². The van der Waals surface area contributed by atoms with E-state index in [1.807, 2.05) is 6.92 Å². The van der Waals surface area contributed by atoms with Crippen molar-refractivity contribution in [2.24, 2.45) is 5.16 Å². The van der Waals surface area contributed by atoms with E-state index >= 15 is 0 Å². The van der Waals surface area contributed by atoms with Gasteiger partial charge in [-0.2, -0.15) is 13.2 Å². The first-order chi connectivity index (χ1) is 8.80. The highest BCUT2D eigenvalue weighted by Gasteiger charge is 2.42. The lowest BCUT2D eigenvalue weighted by atomic mass is 9.87. The highest BCUT2D eigenvalue weighted by molar-refractivity contribution is 5.83. The Bertz CT molecular complexity index is 387. The zero-order valence-corrected chi connectivity index (χ0v) is 10.5. The van der Waals surface area contributed by atoms with E-state index in [0.717, 1.165) is 5.71 Å². The van der Waals surface area contributed by atoms with E-state index in [2.05, 4.69) is 9.89 Å². The third-order valence-corrected chi connectivity index (χ3v) is 3.27. The standard InChI is InChI=1S/C11H15F3N2O3/c1-8-6-10(19-15-8)2-4-16(5-3-10)9(17)18-7-11(12,13)14/h2-7H2,1H3. The van der Waals surface area contributed by atoms with E-state index in [1.54, 1.807) is 0 Å². The molecule has 0 aromatic carbocycles. The number of piperidine rings is 1. The van der Waals surface area contributed by atoms with Crippen LogP contribution in [0, 0.1) is 0 Å². The van der Waals surface area contributed by atoms with Crippen molar-refractivity contribution >= 4 is 11.8 Å². The van der Waals surface area contributed by atoms with Crippen LogP contribution in [0.15, 0.2) is 5.16 Å². The van der Waals surface area contributed by atoms with Gasteiger partial charge in [0, 0.05) is 32.4 Å². The average molecular weight is 280 g/mol. The Hall–Kier alpha value is -1.47. The van der Waals surface area contributed by atoms with Crippen LogP contribution in [0.2, 0.25) is 0 Å². The molecule has 0 aromatic heterocycles. The van der Waals surface area contributed by atoms with Crippen LogP contribution in [0.4, 0.5) is 18.0 Å². The van der Waals surface area contributed by atoms with Gasteiger partial charge in [0.1, 0.15) is 5.60 Å². The van der Waals surface area contributed by atoms with Crippen LogP contribution in [0.25, 0.3) is 0 Å². The molecule has 0 atom stereocenters. The van der Waals surface area contributed by atoms with E-state index in [-0.39, 0.29) is 5.60 Å². The number of amides is 1. The monoisotopic (exact) mass is 280 g/mol. The second kappa shape index (κ2) is 4.90. The number of nitrogens with zero attached hydrogens (tertiary/aromatic N) is 2. The summed E-state index contributed by atoms with van der Waals surface area (Å²) in [5, 5.41) is 3.88. The average Bonchev–Trinajstić information content (AvgIpc) is 2.68. The summed E-state index contributed by atoms with van der Waals surface area (Å²) in [6.07, 6.45) is -3.61. The molecule has 0 radical (unpaired) electrons. The summed E-state index contributed by atoms with van der Waals surface area (Å²) in [6.45, 7) is 0.948. The van der Waals surface area contributed by atoms with Crippen molar-refractivity contribution in [1.82, 2.24) is 4.90 Å². The number of rotatable bonds is 1. The molecule has 2 rings (SSSR count). The molecule has 0 saturated carbocycles. The molecule has 0 N–H and O–H groups in total. The molecule has 108 valence electrons. The Morgan fingerprint density at radius 1 is 1.47 bits per heavy atom. The van der Waals surface area contributed by atoms with Gasteiger partial charge in [0.15, 0.2) is 6.61 Å². The maximum Gasteiger partial charge on any atom is 0.422 e. The fraction of sp³-hybridized carbons (Fsp3) is 0.818. The molecular weight excluding hydrogens is 265 g/mol. The van der Waals surface area contributed by atoms with Crippen molar-refractivity contribution in [1.29, 1.82) is 0 Å². The minimum Gasteiger partial charge on any atom is -0.440 e. The fourth-order valence-electron chi connectivity index (χ4n) is 2.31. The third-order valence-electron chi connectivity index (χ3n) is 3.27. The van der Waals surface area contributed by atoms with Gasteiger partial charge in [-0.05, 0) is 6.92 Å². The van der Waals surface area contributed by atoms with Crippen molar-refractivity contribution in [3.63, 3.8) is 0 Å². The summed E-state index contributed by atoms with van der Waals surface area (Å²) in [7, 11) is 0. The molecule has 19 heavy (non-hydrogen) atoms. The summed E-state index contributed by atoms with van der Waals surface area (Å²) in [5.74, 6) is 0. The van der Waals surface area contributed by atoms with E-state index in [1.165, 1.54) is 4.90 Å². The molecule has 2 heterocycles. The molecule has 0 unspecified atom stereocenters. The Morgan fingerprint density at radius 2 is 2.11 bits per heavy atom. The number of oxime groups is 1. The number of halogens is 3. The molecule has 1 saturated heterocycles. The lowest BCUT2D eigenvalue weighted by molar-refractivity contribution is -0.163. The lowest BCUT2D eigenvalue weighted by Gasteiger charge is -2.36. The Morgan fingerprint density at radius 3 is 2.58 bits per heavy atom. The molecule has 1 spiro atoms. The van der Waals surface area contributed by atoms with Crippen LogP contribution in [0.3, 0.4) is 0 Å². The SMILES string of the molecule is CC1=NOC2(CCN(C(=O)OCC(F)(F)F)CC2)C1. The van der Waals surface area contributed by atoms with Gasteiger partial charge in [0.2, 0.25) is 0 Å². The van der Waals surface area contributed by atoms with E-state index in [0.29, 0.717) is 32.4 Å². The molecule has 0 bridgehead atoms. The molecule has 2 aliphatic rings. The molecule has 8 heteroatoms. The van der Waals surface area contributed by atoms with Crippen molar-refractivity contribution < 1.29 is 27.5 Å². The maximum absolute atomic E-state index is 11.9. The normalized spacial score (nSPS) is 22.1. The number of likely N-dealkylation sites (tertiary alicyclic amines) is 1. The summed E-state index contributed by atoms with van der Waals surface area (Å²) in [4.78, 5) is 18.1. The summed E-state index contributed by atoms with van der Waals surface area (Å²) >= 11 is 0. The lowest BCUT2D eigenvalue weighted by Crippen LogP contribution is -2.47. The second-order valence-corrected chi connectivity index (χ2v) is 4.93. The van der Waals surface area contributed by atoms with Gasteiger partial charge >= 0.3 is 12.3 Å². The number of hydrogen-bond acceptors (Lipinski definition) is 4. The van der Waals surface area contributed by atoms with Crippen LogP contribution < -0.4 is 0 Å². The quantitative estimate of drug-likeness (QED) is 0.740. The first-order valence-electron chi connectivity index (χ1n) is 6.00. The largest absolute Gasteiger partial charge is 0.440 e. The first-order valence-corrected chi connectivity index (χ1v) is 6.00. The highest BCUT2D eigenvalue weighted by atomic mass is 19.4. The number of ether oxygens (including phenoxy) is 1. The number of alkyl halides is 3. The van der Waals surface area contributed by atoms with Crippen LogP contribution in [0.5, 0.6) is 0 Å². The van der Waals surface area contributed by atoms with Crippen LogP contribution in [-0.2, 0) is 9.57 Å². The van der Waals surface area contributed by atoms with Crippen LogP contribution in [0.1, 0.15) is 26.2 Å². The topological polar surface area (TPSA) is 51.1 Å². The van der Waals surface area contributed by atoms with Gasteiger partial charge in [-0.15, -0.1) is 0 Å². The fourth-order valence-corrected chi connectivity index (χ4v) is 2.31. The third kappa shape index (κ3) is 3.51. The van der Waals surface area contributed by atoms with Gasteiger partial charge in [-0.3, -0.25) is 0 Å². The molecule has 1 fully saturated rings. The summed E-state index contributed by atoms with van der Waals surface area (Å²) < 4.78 is 40.0. The predicted molar refractivity (Wildman–Crippen MR) is 59.8 cm³/mol. The van der Waals surface area contributed by atoms with Gasteiger partial charge in [0.05, 0.1) is 5.71 Å². The number of hydrogen-bond donors (Lipinski definition) is 0. The molecule has 5 nitrogen and oxygen atoms in total. The Kier molecular flexibility index (Phi) is 3.60. The van der Waals surface area contributed by atoms with Gasteiger partial charge in [-0.25, -0.2) is 4.79 Å².